The van der Waals surface area contributed by atoms with Crippen LogP contribution in [0.25, 0.3) is 0 Å². The fourth-order valence-electron chi connectivity index (χ4n) is 2.20. The summed E-state index contributed by atoms with van der Waals surface area (Å²) < 4.78 is 0. The lowest BCUT2D eigenvalue weighted by atomic mass is 10.0. The van der Waals surface area contributed by atoms with Crippen LogP contribution in [0.5, 0.6) is 0 Å². The van der Waals surface area contributed by atoms with Crippen LogP contribution in [0.3, 0.4) is 0 Å². The van der Waals surface area contributed by atoms with E-state index in [1.165, 1.54) is 12.8 Å². The zero-order valence-electron chi connectivity index (χ0n) is 8.80. The number of hydrogen-bond acceptors (Lipinski definition) is 3. The molecule has 3 nitrogen and oxygen atoms in total. The van der Waals surface area contributed by atoms with Gasteiger partial charge in [-0.05, 0) is 33.6 Å². The molecule has 0 aromatic rings. The summed E-state index contributed by atoms with van der Waals surface area (Å²) in [5.41, 5.74) is 0.301. The summed E-state index contributed by atoms with van der Waals surface area (Å²) in [5.74, 6) is 1.12. The van der Waals surface area contributed by atoms with Gasteiger partial charge in [0, 0.05) is 18.1 Å². The van der Waals surface area contributed by atoms with Gasteiger partial charge in [0.15, 0.2) is 5.96 Å². The van der Waals surface area contributed by atoms with Crippen LogP contribution in [-0.4, -0.2) is 35.5 Å². The van der Waals surface area contributed by atoms with Crippen molar-refractivity contribution >= 4 is 5.96 Å². The molecule has 0 bridgehead atoms. The molecule has 3 heteroatoms. The summed E-state index contributed by atoms with van der Waals surface area (Å²) in [4.78, 5) is 6.94. The molecule has 0 aliphatic carbocycles. The average molecular weight is 181 g/mol. The molecule has 0 amide bonds. The van der Waals surface area contributed by atoms with Gasteiger partial charge in [0.1, 0.15) is 0 Å². The van der Waals surface area contributed by atoms with E-state index in [-0.39, 0.29) is 0 Å². The first-order valence-electron chi connectivity index (χ1n) is 5.18. The van der Waals surface area contributed by atoms with Crippen LogP contribution in [-0.2, 0) is 0 Å². The number of guanidine groups is 1. The van der Waals surface area contributed by atoms with Crippen molar-refractivity contribution in [2.45, 2.75) is 45.2 Å². The summed E-state index contributed by atoms with van der Waals surface area (Å²) in [7, 11) is 0. The molecule has 2 heterocycles. The van der Waals surface area contributed by atoms with E-state index in [4.69, 9.17) is 0 Å². The fourth-order valence-corrected chi connectivity index (χ4v) is 2.20. The topological polar surface area (TPSA) is 27.6 Å². The first-order chi connectivity index (χ1) is 6.09. The minimum atomic E-state index is 0.301. The van der Waals surface area contributed by atoms with Gasteiger partial charge in [0.25, 0.3) is 0 Å². The Hall–Kier alpha value is -0.730. The number of aliphatic imine (C=N–C) groups is 1. The van der Waals surface area contributed by atoms with Crippen molar-refractivity contribution in [3.8, 4) is 0 Å². The number of likely N-dealkylation sites (tertiary alicyclic amines) is 1. The van der Waals surface area contributed by atoms with Crippen molar-refractivity contribution in [1.29, 1.82) is 0 Å². The number of nitrogens with one attached hydrogen (secondary N) is 1. The van der Waals surface area contributed by atoms with Crippen molar-refractivity contribution in [2.24, 2.45) is 4.99 Å². The summed E-state index contributed by atoms with van der Waals surface area (Å²) in [6.45, 7) is 8.87. The number of nitrogens with zero attached hydrogens (tertiary/aromatic N) is 2. The average Bonchev–Trinajstić information content (AvgIpc) is 2.56. The molecular formula is C10H19N3. The fraction of sp³-hybridized carbons (Fsp3) is 0.900. The van der Waals surface area contributed by atoms with Gasteiger partial charge < -0.3 is 10.2 Å². The second-order valence-electron chi connectivity index (χ2n) is 4.78. The molecule has 1 atom stereocenters. The van der Waals surface area contributed by atoms with Crippen LogP contribution in [0.4, 0.5) is 0 Å². The highest BCUT2D eigenvalue weighted by molar-refractivity contribution is 5.82. The summed E-state index contributed by atoms with van der Waals surface area (Å²) in [6, 6.07) is 0.520. The maximum absolute atomic E-state index is 4.53. The molecule has 1 N–H and O–H groups in total. The normalized spacial score (nSPS) is 31.8. The highest BCUT2D eigenvalue weighted by Crippen LogP contribution is 2.28. The van der Waals surface area contributed by atoms with Gasteiger partial charge in [-0.25, -0.2) is 0 Å². The molecule has 1 saturated heterocycles. The van der Waals surface area contributed by atoms with Gasteiger partial charge in [0.2, 0.25) is 0 Å². The molecule has 13 heavy (non-hydrogen) atoms. The van der Waals surface area contributed by atoms with Gasteiger partial charge in [-0.1, -0.05) is 0 Å². The second-order valence-corrected chi connectivity index (χ2v) is 4.78. The van der Waals surface area contributed by atoms with Crippen molar-refractivity contribution in [3.05, 3.63) is 0 Å². The van der Waals surface area contributed by atoms with E-state index in [2.05, 4.69) is 36.0 Å². The Morgan fingerprint density at radius 2 is 2.31 bits per heavy atom. The molecule has 0 aromatic heterocycles. The lowest BCUT2D eigenvalue weighted by molar-refractivity contribution is 0.274. The van der Waals surface area contributed by atoms with Crippen molar-refractivity contribution in [1.82, 2.24) is 10.2 Å². The molecular weight excluding hydrogens is 162 g/mol. The Kier molecular flexibility index (Phi) is 1.97. The highest BCUT2D eigenvalue weighted by Gasteiger charge is 2.35. The van der Waals surface area contributed by atoms with E-state index < -0.39 is 0 Å². The minimum absolute atomic E-state index is 0.301. The van der Waals surface area contributed by atoms with Gasteiger partial charge in [-0.15, -0.1) is 0 Å². The van der Waals surface area contributed by atoms with Gasteiger partial charge in [0.05, 0.1) is 6.54 Å². The quantitative estimate of drug-likeness (QED) is 0.608. The monoisotopic (exact) mass is 181 g/mol. The lowest BCUT2D eigenvalue weighted by Crippen LogP contribution is -2.48. The Balaban J connectivity index is 2.09. The van der Waals surface area contributed by atoms with Crippen molar-refractivity contribution in [2.75, 3.05) is 13.1 Å². The smallest absolute Gasteiger partial charge is 0.194 e. The van der Waals surface area contributed by atoms with Crippen LogP contribution in [0.1, 0.15) is 33.6 Å². The van der Waals surface area contributed by atoms with E-state index in [0.717, 1.165) is 19.0 Å². The van der Waals surface area contributed by atoms with Crippen LogP contribution < -0.4 is 5.32 Å². The third-order valence-corrected chi connectivity index (χ3v) is 3.05. The molecule has 2 aliphatic heterocycles. The second kappa shape index (κ2) is 2.89. The standard InChI is InChI=1S/C10H19N3/c1-8-7-11-9(12-8)13-6-4-5-10(13,2)3/h8H,4-7H2,1-3H3,(H,11,12). The molecule has 1 fully saturated rings. The molecule has 0 aromatic carbocycles. The molecule has 74 valence electrons. The van der Waals surface area contributed by atoms with Crippen LogP contribution in [0, 0.1) is 0 Å². The first kappa shape index (κ1) is 8.85. The van der Waals surface area contributed by atoms with E-state index in [1.807, 2.05) is 0 Å². The zero-order chi connectivity index (χ0) is 9.47. The van der Waals surface area contributed by atoms with E-state index in [9.17, 15) is 0 Å². The van der Waals surface area contributed by atoms with Crippen molar-refractivity contribution in [3.63, 3.8) is 0 Å². The molecule has 2 rings (SSSR count). The van der Waals surface area contributed by atoms with E-state index in [1.54, 1.807) is 0 Å². The molecule has 1 unspecified atom stereocenters. The van der Waals surface area contributed by atoms with Gasteiger partial charge >= 0.3 is 0 Å². The summed E-state index contributed by atoms with van der Waals surface area (Å²) in [5, 5.41) is 3.43. The number of hydrogen-bond donors (Lipinski definition) is 1. The maximum Gasteiger partial charge on any atom is 0.194 e. The molecule has 2 aliphatic rings. The Morgan fingerprint density at radius 3 is 2.77 bits per heavy atom. The summed E-state index contributed by atoms with van der Waals surface area (Å²) in [6.07, 6.45) is 2.57. The predicted molar refractivity (Wildman–Crippen MR) is 54.9 cm³/mol. The Bertz CT molecular complexity index is 232. The minimum Gasteiger partial charge on any atom is -0.352 e. The predicted octanol–water partition coefficient (Wildman–Crippen LogP) is 1.21. The SMILES string of the molecule is CC1CN=C(N2CCCC2(C)C)N1. The zero-order valence-corrected chi connectivity index (χ0v) is 8.80. The number of rotatable bonds is 0. The highest BCUT2D eigenvalue weighted by atomic mass is 15.4. The lowest BCUT2D eigenvalue weighted by Gasteiger charge is -2.33. The van der Waals surface area contributed by atoms with Crippen LogP contribution in [0.15, 0.2) is 4.99 Å². The molecule has 0 saturated carbocycles. The molecule has 0 spiro atoms. The van der Waals surface area contributed by atoms with E-state index in [0.29, 0.717) is 11.6 Å². The third-order valence-electron chi connectivity index (χ3n) is 3.05. The molecule has 0 radical (unpaired) electrons. The first-order valence-corrected chi connectivity index (χ1v) is 5.18. The Labute approximate surface area is 80.2 Å². The van der Waals surface area contributed by atoms with Crippen LogP contribution in [0.2, 0.25) is 0 Å². The van der Waals surface area contributed by atoms with Crippen molar-refractivity contribution < 1.29 is 0 Å². The van der Waals surface area contributed by atoms with E-state index >= 15 is 0 Å². The van der Waals surface area contributed by atoms with Gasteiger partial charge in [-0.3, -0.25) is 4.99 Å². The maximum atomic E-state index is 4.53. The largest absolute Gasteiger partial charge is 0.352 e. The summed E-state index contributed by atoms with van der Waals surface area (Å²) >= 11 is 0. The Morgan fingerprint density at radius 1 is 1.54 bits per heavy atom. The third kappa shape index (κ3) is 1.52. The van der Waals surface area contributed by atoms with Gasteiger partial charge in [-0.2, -0.15) is 0 Å². The van der Waals surface area contributed by atoms with Crippen LogP contribution >= 0.6 is 0 Å².